The Kier molecular flexibility index (Phi) is 6.87. The highest BCUT2D eigenvalue weighted by Crippen LogP contribution is 2.28. The molecule has 2 N–H and O–H groups in total. The Morgan fingerprint density at radius 1 is 1.10 bits per heavy atom. The van der Waals surface area contributed by atoms with Crippen molar-refractivity contribution in [2.75, 3.05) is 25.5 Å². The summed E-state index contributed by atoms with van der Waals surface area (Å²) in [7, 11) is 1.83. The number of carbonyl (C=O) groups excluding carboxylic acids is 2. The summed E-state index contributed by atoms with van der Waals surface area (Å²) in [6, 6.07) is 10.8. The van der Waals surface area contributed by atoms with Crippen LogP contribution < -0.4 is 10.2 Å². The topological polar surface area (TPSA) is 53.9 Å². The Morgan fingerprint density at radius 2 is 1.73 bits per heavy atom. The van der Waals surface area contributed by atoms with E-state index >= 15 is 0 Å². The number of nitrogens with one attached hydrogen (secondary N) is 2. The van der Waals surface area contributed by atoms with Gasteiger partial charge < -0.3 is 15.1 Å². The van der Waals surface area contributed by atoms with Crippen LogP contribution in [0.25, 0.3) is 0 Å². The molecule has 0 spiro atoms. The highest BCUT2D eigenvalue weighted by Gasteiger charge is 2.34. The lowest BCUT2D eigenvalue weighted by Gasteiger charge is -2.24. The summed E-state index contributed by atoms with van der Waals surface area (Å²) in [4.78, 5) is 28.0. The zero-order chi connectivity index (χ0) is 21.8. The molecule has 160 valence electrons. The molecule has 6 heteroatoms. The second kappa shape index (κ2) is 9.39. The molecule has 1 aliphatic rings. The standard InChI is InChI=1S/C24H30FN3O2/c1-16-11-17(2)24(18(3)12-16)26-22(29)14-27(4)15-23(30)28(20-9-10-20)13-19-7-5-6-8-21(19)25/h5-8,11-12,20H,9-10,13-15H2,1-4H3,(H,26,29)/p+1. The van der Waals surface area contributed by atoms with Crippen LogP contribution in [0.2, 0.25) is 0 Å². The van der Waals surface area contributed by atoms with Crippen molar-refractivity contribution >= 4 is 17.5 Å². The van der Waals surface area contributed by atoms with Crippen LogP contribution in [0.3, 0.4) is 0 Å². The molecule has 0 aliphatic heterocycles. The Labute approximate surface area is 177 Å². The van der Waals surface area contributed by atoms with Gasteiger partial charge in [-0.05, 0) is 50.8 Å². The van der Waals surface area contributed by atoms with Crippen molar-refractivity contribution in [1.29, 1.82) is 0 Å². The van der Waals surface area contributed by atoms with Crippen molar-refractivity contribution in [3.05, 3.63) is 64.5 Å². The van der Waals surface area contributed by atoms with Crippen LogP contribution in [-0.4, -0.2) is 42.9 Å². The molecular formula is C24H31FN3O2+. The summed E-state index contributed by atoms with van der Waals surface area (Å²) in [5.74, 6) is -0.462. The lowest BCUT2D eigenvalue weighted by Crippen LogP contribution is -3.11. The molecule has 0 aromatic heterocycles. The molecule has 1 saturated carbocycles. The van der Waals surface area contributed by atoms with Crippen molar-refractivity contribution in [2.24, 2.45) is 0 Å². The van der Waals surface area contributed by atoms with Gasteiger partial charge in [0.15, 0.2) is 13.1 Å². The van der Waals surface area contributed by atoms with E-state index < -0.39 is 0 Å². The molecule has 2 amide bonds. The number of likely N-dealkylation sites (N-methyl/N-ethyl adjacent to an activating group) is 1. The molecule has 1 unspecified atom stereocenters. The number of aryl methyl sites for hydroxylation is 3. The predicted molar refractivity (Wildman–Crippen MR) is 116 cm³/mol. The van der Waals surface area contributed by atoms with Crippen molar-refractivity contribution in [3.63, 3.8) is 0 Å². The molecule has 5 nitrogen and oxygen atoms in total. The summed E-state index contributed by atoms with van der Waals surface area (Å²) in [6.07, 6.45) is 1.90. The molecule has 0 saturated heterocycles. The van der Waals surface area contributed by atoms with Gasteiger partial charge >= 0.3 is 0 Å². The fraction of sp³-hybridized carbons (Fsp3) is 0.417. The van der Waals surface area contributed by atoms with E-state index in [1.807, 2.05) is 40.0 Å². The van der Waals surface area contributed by atoms with E-state index in [1.165, 1.54) is 6.07 Å². The summed E-state index contributed by atoms with van der Waals surface area (Å²) in [6.45, 7) is 6.65. The van der Waals surface area contributed by atoms with E-state index in [0.717, 1.165) is 40.1 Å². The third kappa shape index (κ3) is 5.66. The molecule has 0 radical (unpaired) electrons. The number of hydrogen-bond acceptors (Lipinski definition) is 2. The molecule has 0 heterocycles. The lowest BCUT2D eigenvalue weighted by atomic mass is 10.1. The van der Waals surface area contributed by atoms with Gasteiger partial charge in [-0.2, -0.15) is 0 Å². The maximum Gasteiger partial charge on any atom is 0.279 e. The van der Waals surface area contributed by atoms with Gasteiger partial charge in [-0.25, -0.2) is 4.39 Å². The van der Waals surface area contributed by atoms with Crippen molar-refractivity contribution in [2.45, 2.75) is 46.2 Å². The second-order valence-corrected chi connectivity index (χ2v) is 8.48. The third-order valence-electron chi connectivity index (χ3n) is 5.46. The highest BCUT2D eigenvalue weighted by molar-refractivity contribution is 5.93. The number of anilines is 1. The number of carbonyl (C=O) groups is 2. The molecule has 0 bridgehead atoms. The van der Waals surface area contributed by atoms with Gasteiger partial charge in [-0.1, -0.05) is 35.9 Å². The van der Waals surface area contributed by atoms with Crippen molar-refractivity contribution in [3.8, 4) is 0 Å². The summed E-state index contributed by atoms with van der Waals surface area (Å²) >= 11 is 0. The first-order chi connectivity index (χ1) is 14.2. The van der Waals surface area contributed by atoms with E-state index in [1.54, 1.807) is 23.1 Å². The predicted octanol–water partition coefficient (Wildman–Crippen LogP) is 2.40. The fourth-order valence-corrected chi connectivity index (χ4v) is 3.87. The molecular weight excluding hydrogens is 381 g/mol. The Hall–Kier alpha value is -2.73. The first-order valence-electron chi connectivity index (χ1n) is 10.5. The molecule has 2 aromatic rings. The minimum Gasteiger partial charge on any atom is -0.330 e. The van der Waals surface area contributed by atoms with E-state index in [0.29, 0.717) is 5.56 Å². The van der Waals surface area contributed by atoms with Gasteiger partial charge in [0.05, 0.1) is 7.05 Å². The number of halogens is 1. The summed E-state index contributed by atoms with van der Waals surface area (Å²) in [5.41, 5.74) is 4.58. The van der Waals surface area contributed by atoms with Crippen LogP contribution in [0, 0.1) is 26.6 Å². The Morgan fingerprint density at radius 3 is 2.33 bits per heavy atom. The minimum absolute atomic E-state index is 0.0475. The summed E-state index contributed by atoms with van der Waals surface area (Å²) in [5, 5.41) is 2.99. The number of benzene rings is 2. The van der Waals surface area contributed by atoms with Crippen molar-refractivity contribution in [1.82, 2.24) is 4.90 Å². The second-order valence-electron chi connectivity index (χ2n) is 8.48. The average molecular weight is 413 g/mol. The number of quaternary nitrogens is 1. The first kappa shape index (κ1) is 22.0. The average Bonchev–Trinajstić information content (AvgIpc) is 3.48. The number of amides is 2. The van der Waals surface area contributed by atoms with Crippen LogP contribution in [-0.2, 0) is 16.1 Å². The number of nitrogens with zero attached hydrogens (tertiary/aromatic N) is 1. The lowest BCUT2D eigenvalue weighted by molar-refractivity contribution is -0.862. The zero-order valence-electron chi connectivity index (χ0n) is 18.2. The monoisotopic (exact) mass is 412 g/mol. The quantitative estimate of drug-likeness (QED) is 0.700. The van der Waals surface area contributed by atoms with E-state index in [-0.39, 0.29) is 43.3 Å². The Balaban J connectivity index is 1.58. The van der Waals surface area contributed by atoms with Crippen LogP contribution in [0.4, 0.5) is 10.1 Å². The third-order valence-corrected chi connectivity index (χ3v) is 5.46. The largest absolute Gasteiger partial charge is 0.330 e. The van der Waals surface area contributed by atoms with Gasteiger partial charge in [0.1, 0.15) is 5.82 Å². The molecule has 30 heavy (non-hydrogen) atoms. The van der Waals surface area contributed by atoms with Crippen LogP contribution >= 0.6 is 0 Å². The number of rotatable bonds is 8. The normalized spacial score (nSPS) is 14.3. The maximum absolute atomic E-state index is 14.0. The van der Waals surface area contributed by atoms with Gasteiger partial charge in [-0.15, -0.1) is 0 Å². The molecule has 1 fully saturated rings. The van der Waals surface area contributed by atoms with Crippen LogP contribution in [0.5, 0.6) is 0 Å². The fourth-order valence-electron chi connectivity index (χ4n) is 3.87. The smallest absolute Gasteiger partial charge is 0.279 e. The zero-order valence-corrected chi connectivity index (χ0v) is 18.2. The van der Waals surface area contributed by atoms with Gasteiger partial charge in [0.25, 0.3) is 11.8 Å². The minimum atomic E-state index is -0.292. The Bertz CT molecular complexity index is 917. The van der Waals surface area contributed by atoms with E-state index in [4.69, 9.17) is 0 Å². The van der Waals surface area contributed by atoms with Gasteiger partial charge in [0, 0.05) is 23.8 Å². The van der Waals surface area contributed by atoms with E-state index in [2.05, 4.69) is 5.32 Å². The number of hydrogen-bond donors (Lipinski definition) is 2. The molecule has 1 aliphatic carbocycles. The van der Waals surface area contributed by atoms with Crippen LogP contribution in [0.1, 0.15) is 35.1 Å². The van der Waals surface area contributed by atoms with Gasteiger partial charge in [0.2, 0.25) is 0 Å². The van der Waals surface area contributed by atoms with Gasteiger partial charge in [-0.3, -0.25) is 9.59 Å². The van der Waals surface area contributed by atoms with Crippen LogP contribution in [0.15, 0.2) is 36.4 Å². The highest BCUT2D eigenvalue weighted by atomic mass is 19.1. The summed E-state index contributed by atoms with van der Waals surface area (Å²) < 4.78 is 14.0. The molecule has 2 aromatic carbocycles. The molecule has 3 rings (SSSR count). The van der Waals surface area contributed by atoms with E-state index in [9.17, 15) is 14.0 Å². The molecule has 1 atom stereocenters. The first-order valence-corrected chi connectivity index (χ1v) is 10.5. The maximum atomic E-state index is 14.0. The van der Waals surface area contributed by atoms with Crippen molar-refractivity contribution < 1.29 is 18.9 Å². The SMILES string of the molecule is Cc1cc(C)c(NC(=O)C[NH+](C)CC(=O)N(Cc2ccccc2F)C2CC2)c(C)c1.